The van der Waals surface area contributed by atoms with E-state index < -0.39 is 10.0 Å². The molecule has 1 aliphatic rings. The fourth-order valence-electron chi connectivity index (χ4n) is 4.73. The van der Waals surface area contributed by atoms with E-state index in [1.54, 1.807) is 37.4 Å². The van der Waals surface area contributed by atoms with E-state index in [0.717, 1.165) is 37.6 Å². The molecule has 1 N–H and O–H groups in total. The Hall–Kier alpha value is -3.38. The number of anilines is 2. The molecule has 0 unspecified atom stereocenters. The third-order valence-corrected chi connectivity index (χ3v) is 9.63. The standard InChI is InChI=1S/C28H30ClN5O4S2/c1-37-23-9-8-21(27(14-23)38-2)17-34(28-30-19-31-39-28)40(35,36)24-10-11-26(25(29)15-24)32-22-12-13-33(18-22)16-20-6-4-3-5-7-20/h3-11,14-15,19,22,32H,12-13,16-18H2,1-2H3/t22-/m0/s1. The minimum absolute atomic E-state index is 0.0123. The summed E-state index contributed by atoms with van der Waals surface area (Å²) >= 11 is 7.62. The number of nitrogens with one attached hydrogen (secondary N) is 1. The van der Waals surface area contributed by atoms with Gasteiger partial charge in [-0.05, 0) is 42.3 Å². The molecule has 2 heterocycles. The second kappa shape index (κ2) is 12.4. The summed E-state index contributed by atoms with van der Waals surface area (Å²) in [4.78, 5) is 6.63. The Labute approximate surface area is 243 Å². The van der Waals surface area contributed by atoms with Gasteiger partial charge >= 0.3 is 0 Å². The predicted octanol–water partition coefficient (Wildman–Crippen LogP) is 5.29. The molecule has 0 bridgehead atoms. The normalized spacial score (nSPS) is 15.6. The molecule has 9 nitrogen and oxygen atoms in total. The van der Waals surface area contributed by atoms with Crippen LogP contribution in [0, 0.1) is 0 Å². The second-order valence-corrected chi connectivity index (χ2v) is 12.4. The lowest BCUT2D eigenvalue weighted by atomic mass is 10.2. The molecule has 5 rings (SSSR count). The van der Waals surface area contributed by atoms with Crippen molar-refractivity contribution in [3.63, 3.8) is 0 Å². The molecule has 1 aliphatic heterocycles. The summed E-state index contributed by atoms with van der Waals surface area (Å²) in [5.74, 6) is 1.10. The zero-order chi connectivity index (χ0) is 28.1. The summed E-state index contributed by atoms with van der Waals surface area (Å²) in [6.07, 6.45) is 2.30. The molecule has 40 heavy (non-hydrogen) atoms. The van der Waals surface area contributed by atoms with Gasteiger partial charge in [-0.1, -0.05) is 41.9 Å². The fraction of sp³-hybridized carbons (Fsp3) is 0.286. The highest BCUT2D eigenvalue weighted by Gasteiger charge is 2.30. The number of hydrogen-bond acceptors (Lipinski definition) is 9. The van der Waals surface area contributed by atoms with Crippen LogP contribution >= 0.6 is 23.1 Å². The smallest absolute Gasteiger partial charge is 0.266 e. The van der Waals surface area contributed by atoms with E-state index in [0.29, 0.717) is 27.8 Å². The third-order valence-electron chi connectivity index (χ3n) is 6.78. The van der Waals surface area contributed by atoms with Crippen LogP contribution in [0.1, 0.15) is 17.5 Å². The first-order valence-electron chi connectivity index (χ1n) is 12.7. The molecule has 4 aromatic rings. The van der Waals surface area contributed by atoms with Crippen molar-refractivity contribution in [2.75, 3.05) is 36.9 Å². The molecule has 0 aliphatic carbocycles. The van der Waals surface area contributed by atoms with Crippen molar-refractivity contribution in [3.05, 3.63) is 89.2 Å². The van der Waals surface area contributed by atoms with E-state index in [9.17, 15) is 8.42 Å². The maximum atomic E-state index is 13.9. The average molecular weight is 600 g/mol. The molecule has 0 saturated carbocycles. The zero-order valence-electron chi connectivity index (χ0n) is 22.2. The van der Waals surface area contributed by atoms with Gasteiger partial charge in [0.15, 0.2) is 0 Å². The van der Waals surface area contributed by atoms with Crippen molar-refractivity contribution in [1.29, 1.82) is 0 Å². The number of ether oxygens (including phenoxy) is 2. The quantitative estimate of drug-likeness (QED) is 0.248. The number of hydrogen-bond donors (Lipinski definition) is 1. The van der Waals surface area contributed by atoms with Crippen molar-refractivity contribution in [1.82, 2.24) is 14.3 Å². The van der Waals surface area contributed by atoms with Gasteiger partial charge in [-0.2, -0.15) is 4.37 Å². The number of sulfonamides is 1. The largest absolute Gasteiger partial charge is 0.497 e. The molecule has 1 fully saturated rings. The SMILES string of the molecule is COc1ccc(CN(c2ncns2)S(=O)(=O)c2ccc(N[C@H]3CCN(Cc4ccccc4)C3)c(Cl)c2)c(OC)c1. The van der Waals surface area contributed by atoms with Gasteiger partial charge in [0.1, 0.15) is 17.8 Å². The van der Waals surface area contributed by atoms with Gasteiger partial charge in [0.2, 0.25) is 5.13 Å². The van der Waals surface area contributed by atoms with Crippen LogP contribution in [0.4, 0.5) is 10.8 Å². The number of halogens is 1. The summed E-state index contributed by atoms with van der Waals surface area (Å²) in [5, 5.41) is 4.07. The van der Waals surface area contributed by atoms with Crippen molar-refractivity contribution >= 4 is 44.0 Å². The fourth-order valence-corrected chi connectivity index (χ4v) is 7.18. The summed E-state index contributed by atoms with van der Waals surface area (Å²) in [6, 6.07) is 20.6. The second-order valence-electron chi connectivity index (χ2n) is 9.41. The molecule has 1 atom stereocenters. The van der Waals surface area contributed by atoms with Gasteiger partial charge in [-0.15, -0.1) is 0 Å². The summed E-state index contributed by atoms with van der Waals surface area (Å²) in [5.41, 5.74) is 2.63. The molecule has 0 radical (unpaired) electrons. The molecule has 210 valence electrons. The van der Waals surface area contributed by atoms with Crippen molar-refractivity contribution in [2.45, 2.75) is 30.4 Å². The minimum atomic E-state index is -4.04. The van der Waals surface area contributed by atoms with Gasteiger partial charge in [0.05, 0.1) is 36.4 Å². The maximum Gasteiger partial charge on any atom is 0.266 e. The lowest BCUT2D eigenvalue weighted by Gasteiger charge is -2.23. The first-order chi connectivity index (χ1) is 19.4. The van der Waals surface area contributed by atoms with Crippen LogP contribution in [-0.2, 0) is 23.1 Å². The molecule has 0 amide bonds. The van der Waals surface area contributed by atoms with Crippen molar-refractivity contribution in [2.24, 2.45) is 0 Å². The van der Waals surface area contributed by atoms with Crippen LogP contribution in [-0.4, -0.2) is 56.0 Å². The number of methoxy groups -OCH3 is 2. The first-order valence-corrected chi connectivity index (χ1v) is 15.3. The van der Waals surface area contributed by atoms with Gasteiger partial charge in [-0.3, -0.25) is 4.90 Å². The van der Waals surface area contributed by atoms with Gasteiger partial charge in [0, 0.05) is 48.8 Å². The van der Waals surface area contributed by atoms with Gasteiger partial charge < -0.3 is 14.8 Å². The lowest BCUT2D eigenvalue weighted by Crippen LogP contribution is -2.31. The predicted molar refractivity (Wildman–Crippen MR) is 158 cm³/mol. The Morgan fingerprint density at radius 3 is 2.62 bits per heavy atom. The van der Waals surface area contributed by atoms with Crippen molar-refractivity contribution < 1.29 is 17.9 Å². The molecule has 12 heteroatoms. The van der Waals surface area contributed by atoms with E-state index >= 15 is 0 Å². The van der Waals surface area contributed by atoms with Crippen molar-refractivity contribution in [3.8, 4) is 11.5 Å². The molecule has 1 aromatic heterocycles. The number of benzene rings is 3. The maximum absolute atomic E-state index is 13.9. The zero-order valence-corrected chi connectivity index (χ0v) is 24.5. The molecular formula is C28H30ClN5O4S2. The highest BCUT2D eigenvalue weighted by Crippen LogP contribution is 2.34. The van der Waals surface area contributed by atoms with Gasteiger partial charge in [0.25, 0.3) is 10.0 Å². The Morgan fingerprint density at radius 2 is 1.93 bits per heavy atom. The van der Waals surface area contributed by atoms with Gasteiger partial charge in [-0.25, -0.2) is 17.7 Å². The average Bonchev–Trinajstić information content (AvgIpc) is 3.65. The van der Waals surface area contributed by atoms with Crippen LogP contribution in [0.3, 0.4) is 0 Å². The van der Waals surface area contributed by atoms with E-state index in [1.807, 2.05) is 6.07 Å². The highest BCUT2D eigenvalue weighted by molar-refractivity contribution is 7.93. The Balaban J connectivity index is 1.33. The summed E-state index contributed by atoms with van der Waals surface area (Å²) in [7, 11) is -0.954. The molecule has 1 saturated heterocycles. The molecular weight excluding hydrogens is 570 g/mol. The number of aromatic nitrogens is 2. The van der Waals surface area contributed by atoms with Crippen LogP contribution in [0.5, 0.6) is 11.5 Å². The van der Waals surface area contributed by atoms with Crippen LogP contribution < -0.4 is 19.1 Å². The third kappa shape index (κ3) is 6.33. The van der Waals surface area contributed by atoms with E-state index in [1.165, 1.54) is 29.4 Å². The van der Waals surface area contributed by atoms with Crippen LogP contribution in [0.15, 0.2) is 78.0 Å². The Morgan fingerprint density at radius 1 is 1.10 bits per heavy atom. The Bertz CT molecular complexity index is 1540. The highest BCUT2D eigenvalue weighted by atomic mass is 35.5. The van der Waals surface area contributed by atoms with E-state index in [-0.39, 0.29) is 22.6 Å². The minimum Gasteiger partial charge on any atom is -0.497 e. The first kappa shape index (κ1) is 28.2. The Kier molecular flexibility index (Phi) is 8.75. The van der Waals surface area contributed by atoms with Crippen LogP contribution in [0.25, 0.3) is 0 Å². The van der Waals surface area contributed by atoms with E-state index in [2.05, 4.69) is 43.8 Å². The molecule has 0 spiro atoms. The lowest BCUT2D eigenvalue weighted by molar-refractivity contribution is 0.328. The monoisotopic (exact) mass is 599 g/mol. The summed E-state index contributed by atoms with van der Waals surface area (Å²) < 4.78 is 43.8. The van der Waals surface area contributed by atoms with E-state index in [4.69, 9.17) is 21.1 Å². The topological polar surface area (TPSA) is 96.9 Å². The van der Waals surface area contributed by atoms with Crippen LogP contribution in [0.2, 0.25) is 5.02 Å². The number of likely N-dealkylation sites (tertiary alicyclic amines) is 1. The number of rotatable bonds is 11. The summed E-state index contributed by atoms with van der Waals surface area (Å²) in [6.45, 7) is 2.73. The number of nitrogens with zero attached hydrogens (tertiary/aromatic N) is 4. The molecule has 3 aromatic carbocycles.